The Morgan fingerprint density at radius 2 is 2.10 bits per heavy atom. The molecule has 2 rings (SSSR count). The van der Waals surface area contributed by atoms with Crippen LogP contribution in [0, 0.1) is 0 Å². The van der Waals surface area contributed by atoms with Crippen LogP contribution < -0.4 is 5.32 Å². The number of morpholine rings is 1. The normalized spacial score (nSPS) is 27.2. The molecule has 2 saturated heterocycles. The molecule has 2 heterocycles. The van der Waals surface area contributed by atoms with E-state index in [0.717, 1.165) is 26.3 Å². The number of sulfone groups is 1. The van der Waals surface area contributed by atoms with Crippen molar-refractivity contribution in [2.45, 2.75) is 25.4 Å². The summed E-state index contributed by atoms with van der Waals surface area (Å²) in [5, 5.41) is 2.89. The lowest BCUT2D eigenvalue weighted by molar-refractivity contribution is 0.0206. The van der Waals surface area contributed by atoms with Crippen LogP contribution in [0.5, 0.6) is 0 Å². The molecule has 7 nitrogen and oxygen atoms in total. The van der Waals surface area contributed by atoms with Gasteiger partial charge in [0.1, 0.15) is 0 Å². The second kappa shape index (κ2) is 6.93. The quantitative estimate of drug-likeness (QED) is 0.758. The van der Waals surface area contributed by atoms with Gasteiger partial charge < -0.3 is 15.0 Å². The third-order valence-corrected chi connectivity index (χ3v) is 6.04. The van der Waals surface area contributed by atoms with Crippen LogP contribution in [0.15, 0.2) is 0 Å². The van der Waals surface area contributed by atoms with E-state index in [1.165, 1.54) is 4.90 Å². The maximum atomic E-state index is 12.1. The van der Waals surface area contributed by atoms with E-state index < -0.39 is 9.84 Å². The molecule has 0 aromatic heterocycles. The van der Waals surface area contributed by atoms with Gasteiger partial charge in [0.25, 0.3) is 0 Å². The fourth-order valence-electron chi connectivity index (χ4n) is 2.75. The Balaban J connectivity index is 1.76. The number of amides is 2. The number of hydrogen-bond acceptors (Lipinski definition) is 5. The number of carbonyl (C=O) groups is 1. The minimum atomic E-state index is -2.97. The highest BCUT2D eigenvalue weighted by Gasteiger charge is 2.32. The standard InChI is InChI=1S/C13H25N3O4S/c1-11(16-4-6-20-7-5-16)9-14-13(17)15(2)12-3-8-21(18,19)10-12/h11-12H,3-10H2,1-2H3,(H,14,17)/t11-,12-/m1/s1. The summed E-state index contributed by atoms with van der Waals surface area (Å²) in [6, 6.07) is -0.149. The van der Waals surface area contributed by atoms with Crippen LogP contribution >= 0.6 is 0 Å². The third kappa shape index (κ3) is 4.55. The van der Waals surface area contributed by atoms with Crippen molar-refractivity contribution in [3.8, 4) is 0 Å². The molecule has 1 N–H and O–H groups in total. The van der Waals surface area contributed by atoms with Gasteiger partial charge in [0, 0.05) is 38.8 Å². The van der Waals surface area contributed by atoms with Crippen molar-refractivity contribution < 1.29 is 17.9 Å². The molecular weight excluding hydrogens is 294 g/mol. The molecule has 21 heavy (non-hydrogen) atoms. The molecule has 2 fully saturated rings. The Morgan fingerprint density at radius 3 is 2.67 bits per heavy atom. The highest BCUT2D eigenvalue weighted by molar-refractivity contribution is 7.91. The van der Waals surface area contributed by atoms with Crippen molar-refractivity contribution in [2.75, 3.05) is 51.4 Å². The van der Waals surface area contributed by atoms with Crippen molar-refractivity contribution in [2.24, 2.45) is 0 Å². The first-order chi connectivity index (χ1) is 9.89. The highest BCUT2D eigenvalue weighted by atomic mass is 32.2. The van der Waals surface area contributed by atoms with Crippen molar-refractivity contribution in [3.63, 3.8) is 0 Å². The smallest absolute Gasteiger partial charge is 0.317 e. The molecule has 0 unspecified atom stereocenters. The Bertz CT molecular complexity index is 462. The van der Waals surface area contributed by atoms with Crippen LogP contribution in [0.4, 0.5) is 4.79 Å². The first-order valence-corrected chi connectivity index (χ1v) is 9.24. The molecule has 2 atom stereocenters. The molecule has 2 aliphatic heterocycles. The first kappa shape index (κ1) is 16.5. The molecular formula is C13H25N3O4S. The van der Waals surface area contributed by atoms with Crippen LogP contribution in [0.25, 0.3) is 0 Å². The van der Waals surface area contributed by atoms with Crippen LogP contribution in [-0.2, 0) is 14.6 Å². The minimum absolute atomic E-state index is 0.0793. The number of nitrogens with zero attached hydrogens (tertiary/aromatic N) is 2. The summed E-state index contributed by atoms with van der Waals surface area (Å²) >= 11 is 0. The van der Waals surface area contributed by atoms with Gasteiger partial charge in [0.15, 0.2) is 9.84 Å². The van der Waals surface area contributed by atoms with Crippen molar-refractivity contribution in [1.29, 1.82) is 0 Å². The van der Waals surface area contributed by atoms with Gasteiger partial charge in [-0.3, -0.25) is 4.90 Å². The van der Waals surface area contributed by atoms with E-state index >= 15 is 0 Å². The van der Waals surface area contributed by atoms with Gasteiger partial charge in [0.2, 0.25) is 0 Å². The van der Waals surface area contributed by atoms with E-state index in [1.54, 1.807) is 7.05 Å². The summed E-state index contributed by atoms with van der Waals surface area (Å²) in [5.74, 6) is 0.259. The summed E-state index contributed by atoms with van der Waals surface area (Å²) < 4.78 is 28.2. The van der Waals surface area contributed by atoms with Gasteiger partial charge in [-0.2, -0.15) is 0 Å². The van der Waals surface area contributed by atoms with E-state index in [2.05, 4.69) is 17.1 Å². The fraction of sp³-hybridized carbons (Fsp3) is 0.923. The van der Waals surface area contributed by atoms with Gasteiger partial charge >= 0.3 is 6.03 Å². The predicted molar refractivity (Wildman–Crippen MR) is 80.1 cm³/mol. The number of ether oxygens (including phenoxy) is 1. The molecule has 0 bridgehead atoms. The van der Waals surface area contributed by atoms with Crippen molar-refractivity contribution in [3.05, 3.63) is 0 Å². The lowest BCUT2D eigenvalue weighted by atomic mass is 10.2. The lowest BCUT2D eigenvalue weighted by Gasteiger charge is -2.33. The molecule has 8 heteroatoms. The third-order valence-electron chi connectivity index (χ3n) is 4.29. The largest absolute Gasteiger partial charge is 0.379 e. The molecule has 2 aliphatic rings. The Labute approximate surface area is 126 Å². The Hall–Kier alpha value is -0.860. The van der Waals surface area contributed by atoms with Gasteiger partial charge in [-0.1, -0.05) is 0 Å². The average molecular weight is 319 g/mol. The SMILES string of the molecule is C[C@H](CNC(=O)N(C)[C@@H]1CCS(=O)(=O)C1)N1CCOCC1. The van der Waals surface area contributed by atoms with E-state index in [4.69, 9.17) is 4.74 Å². The van der Waals surface area contributed by atoms with Gasteiger partial charge in [-0.05, 0) is 13.3 Å². The molecule has 122 valence electrons. The van der Waals surface area contributed by atoms with Crippen molar-refractivity contribution >= 4 is 15.9 Å². The van der Waals surface area contributed by atoms with Crippen LogP contribution in [0.3, 0.4) is 0 Å². The number of carbonyl (C=O) groups excluding carboxylic acids is 1. The predicted octanol–water partition coefficient (Wildman–Crippen LogP) is -0.464. The minimum Gasteiger partial charge on any atom is -0.379 e. The van der Waals surface area contributed by atoms with Crippen LogP contribution in [0.1, 0.15) is 13.3 Å². The lowest BCUT2D eigenvalue weighted by Crippen LogP contribution is -2.50. The summed E-state index contributed by atoms with van der Waals surface area (Å²) in [6.07, 6.45) is 0.533. The van der Waals surface area contributed by atoms with Crippen molar-refractivity contribution in [1.82, 2.24) is 15.1 Å². The maximum absolute atomic E-state index is 12.1. The molecule has 0 radical (unpaired) electrons. The maximum Gasteiger partial charge on any atom is 0.317 e. The van der Waals surface area contributed by atoms with Crippen LogP contribution in [-0.4, -0.2) is 87.7 Å². The second-order valence-corrected chi connectivity index (χ2v) is 8.08. The number of rotatable bonds is 4. The van der Waals surface area contributed by atoms with Gasteiger partial charge in [-0.25, -0.2) is 13.2 Å². The van der Waals surface area contributed by atoms with E-state index in [0.29, 0.717) is 13.0 Å². The first-order valence-electron chi connectivity index (χ1n) is 7.42. The Kier molecular flexibility index (Phi) is 5.45. The zero-order valence-corrected chi connectivity index (χ0v) is 13.6. The number of hydrogen-bond donors (Lipinski definition) is 1. The monoisotopic (exact) mass is 319 g/mol. The molecule has 2 amide bonds. The van der Waals surface area contributed by atoms with E-state index in [1.807, 2.05) is 0 Å². The summed E-state index contributed by atoms with van der Waals surface area (Å²) in [5.41, 5.74) is 0. The van der Waals surface area contributed by atoms with Crippen LogP contribution in [0.2, 0.25) is 0 Å². The number of nitrogens with one attached hydrogen (secondary N) is 1. The average Bonchev–Trinajstić information content (AvgIpc) is 2.84. The van der Waals surface area contributed by atoms with Gasteiger partial charge in [-0.15, -0.1) is 0 Å². The summed E-state index contributed by atoms with van der Waals surface area (Å²) in [4.78, 5) is 15.9. The fourth-order valence-corrected chi connectivity index (χ4v) is 4.53. The van der Waals surface area contributed by atoms with E-state index in [-0.39, 0.29) is 29.6 Å². The Morgan fingerprint density at radius 1 is 1.43 bits per heavy atom. The molecule has 0 saturated carbocycles. The summed E-state index contributed by atoms with van der Waals surface area (Å²) in [6.45, 7) is 5.87. The molecule has 0 aromatic carbocycles. The zero-order chi connectivity index (χ0) is 15.5. The topological polar surface area (TPSA) is 79.0 Å². The number of urea groups is 1. The highest BCUT2D eigenvalue weighted by Crippen LogP contribution is 2.16. The summed E-state index contributed by atoms with van der Waals surface area (Å²) in [7, 11) is -1.30. The molecule has 0 aromatic rings. The van der Waals surface area contributed by atoms with E-state index in [9.17, 15) is 13.2 Å². The zero-order valence-electron chi connectivity index (χ0n) is 12.7. The van der Waals surface area contributed by atoms with Gasteiger partial charge in [0.05, 0.1) is 24.7 Å². The second-order valence-electron chi connectivity index (χ2n) is 5.85. The molecule has 0 aliphatic carbocycles. The molecule has 0 spiro atoms.